The molecule has 0 radical (unpaired) electrons. The number of hydrogen-bond acceptors (Lipinski definition) is 6. The zero-order chi connectivity index (χ0) is 19.6. The van der Waals surface area contributed by atoms with Crippen LogP contribution >= 0.6 is 0 Å². The van der Waals surface area contributed by atoms with Gasteiger partial charge in [-0.05, 0) is 54.1 Å². The Balaban J connectivity index is 1.35. The zero-order valence-corrected chi connectivity index (χ0v) is 15.7. The largest absolute Gasteiger partial charge is 0.484 e. The van der Waals surface area contributed by atoms with Crippen LogP contribution in [0.5, 0.6) is 5.75 Å². The molecule has 0 amide bonds. The van der Waals surface area contributed by atoms with Crippen LogP contribution in [0.25, 0.3) is 33.6 Å². The second-order valence-corrected chi connectivity index (χ2v) is 6.55. The third-order valence-corrected chi connectivity index (χ3v) is 4.52. The predicted molar refractivity (Wildman–Crippen MR) is 108 cm³/mol. The second kappa shape index (κ2) is 7.20. The molecular formula is C22H17N5O2. The van der Waals surface area contributed by atoms with Crippen LogP contribution in [-0.4, -0.2) is 24.7 Å². The van der Waals surface area contributed by atoms with Gasteiger partial charge in [0.05, 0.1) is 0 Å². The Kier molecular flexibility index (Phi) is 4.25. The van der Waals surface area contributed by atoms with Crippen molar-refractivity contribution in [3.8, 4) is 28.1 Å². The Hall–Kier alpha value is -4.00. The van der Waals surface area contributed by atoms with E-state index in [4.69, 9.17) is 9.15 Å². The van der Waals surface area contributed by atoms with Crippen LogP contribution in [0.4, 0.5) is 0 Å². The molecule has 0 N–H and O–H groups in total. The number of oxazole rings is 1. The lowest BCUT2D eigenvalue weighted by molar-refractivity contribution is 0.266. The van der Waals surface area contributed by atoms with Crippen molar-refractivity contribution in [1.29, 1.82) is 0 Å². The summed E-state index contributed by atoms with van der Waals surface area (Å²) in [4.78, 5) is 12.6. The predicted octanol–water partition coefficient (Wildman–Crippen LogP) is 4.26. The van der Waals surface area contributed by atoms with Gasteiger partial charge in [-0.1, -0.05) is 0 Å². The van der Waals surface area contributed by atoms with E-state index in [0.717, 1.165) is 33.7 Å². The van der Waals surface area contributed by atoms with Gasteiger partial charge in [0.25, 0.3) is 0 Å². The van der Waals surface area contributed by atoms with Crippen molar-refractivity contribution in [2.75, 3.05) is 0 Å². The molecular weight excluding hydrogens is 366 g/mol. The lowest BCUT2D eigenvalue weighted by Gasteiger charge is -2.06. The minimum absolute atomic E-state index is 0.238. The fourth-order valence-electron chi connectivity index (χ4n) is 3.18. The SMILES string of the molecule is Cn1cc(-c2ccncc2)c(-c2ccc(OCc3nc4cccnc4o3)cc2)n1. The molecule has 29 heavy (non-hydrogen) atoms. The van der Waals surface area contributed by atoms with Crippen molar-refractivity contribution in [2.45, 2.75) is 6.61 Å². The Morgan fingerprint density at radius 3 is 2.59 bits per heavy atom. The van der Waals surface area contributed by atoms with Gasteiger partial charge in [-0.15, -0.1) is 0 Å². The van der Waals surface area contributed by atoms with Crippen molar-refractivity contribution >= 4 is 11.2 Å². The number of fused-ring (bicyclic) bond motifs is 1. The minimum Gasteiger partial charge on any atom is -0.484 e. The normalized spacial score (nSPS) is 11.1. The van der Waals surface area contributed by atoms with Gasteiger partial charge < -0.3 is 9.15 Å². The highest BCUT2D eigenvalue weighted by atomic mass is 16.5. The van der Waals surface area contributed by atoms with Gasteiger partial charge in [0, 0.05) is 43.0 Å². The van der Waals surface area contributed by atoms with Crippen LogP contribution in [0.1, 0.15) is 5.89 Å². The van der Waals surface area contributed by atoms with E-state index in [1.54, 1.807) is 18.6 Å². The maximum absolute atomic E-state index is 5.81. The van der Waals surface area contributed by atoms with Crippen molar-refractivity contribution in [1.82, 2.24) is 24.7 Å². The maximum atomic E-state index is 5.81. The summed E-state index contributed by atoms with van der Waals surface area (Å²) >= 11 is 0. The summed E-state index contributed by atoms with van der Waals surface area (Å²) in [6.07, 6.45) is 7.25. The molecule has 0 fully saturated rings. The number of aryl methyl sites for hydroxylation is 1. The van der Waals surface area contributed by atoms with Crippen LogP contribution in [0.15, 0.2) is 77.7 Å². The average molecular weight is 383 g/mol. The van der Waals surface area contributed by atoms with E-state index in [1.165, 1.54) is 0 Å². The topological polar surface area (TPSA) is 78.9 Å². The van der Waals surface area contributed by atoms with Gasteiger partial charge in [-0.2, -0.15) is 5.10 Å². The van der Waals surface area contributed by atoms with E-state index in [-0.39, 0.29) is 6.61 Å². The van der Waals surface area contributed by atoms with Crippen molar-refractivity contribution in [2.24, 2.45) is 7.05 Å². The Labute approximate surface area is 166 Å². The molecule has 142 valence electrons. The highest BCUT2D eigenvalue weighted by molar-refractivity contribution is 5.80. The van der Waals surface area contributed by atoms with E-state index in [1.807, 2.05) is 66.5 Å². The fraction of sp³-hybridized carbons (Fsp3) is 0.0909. The van der Waals surface area contributed by atoms with E-state index >= 15 is 0 Å². The molecule has 5 aromatic rings. The summed E-state index contributed by atoms with van der Waals surface area (Å²) in [5.74, 6) is 1.22. The standard InChI is InChI=1S/C22H17N5O2/c1-27-13-18(15-8-11-23-12-9-15)21(26-27)16-4-6-17(7-5-16)28-14-20-25-19-3-2-10-24-22(19)29-20/h2-13H,14H2,1H3. The summed E-state index contributed by atoms with van der Waals surface area (Å²) in [5, 5.41) is 4.63. The van der Waals surface area contributed by atoms with Gasteiger partial charge in [0.2, 0.25) is 11.6 Å². The summed E-state index contributed by atoms with van der Waals surface area (Å²) in [5.41, 5.74) is 5.29. The summed E-state index contributed by atoms with van der Waals surface area (Å²) < 4.78 is 13.2. The van der Waals surface area contributed by atoms with Crippen LogP contribution < -0.4 is 4.74 Å². The van der Waals surface area contributed by atoms with E-state index in [0.29, 0.717) is 11.6 Å². The summed E-state index contributed by atoms with van der Waals surface area (Å²) in [6.45, 7) is 0.238. The summed E-state index contributed by atoms with van der Waals surface area (Å²) in [7, 11) is 1.92. The smallest absolute Gasteiger partial charge is 0.247 e. The molecule has 4 heterocycles. The molecule has 0 saturated carbocycles. The van der Waals surface area contributed by atoms with Gasteiger partial charge in [-0.3, -0.25) is 9.67 Å². The molecule has 0 spiro atoms. The first kappa shape index (κ1) is 17.1. The minimum atomic E-state index is 0.238. The van der Waals surface area contributed by atoms with Crippen molar-refractivity contribution in [3.05, 3.63) is 79.2 Å². The van der Waals surface area contributed by atoms with Crippen LogP contribution in [0.3, 0.4) is 0 Å². The first-order chi connectivity index (χ1) is 14.3. The van der Waals surface area contributed by atoms with Crippen molar-refractivity contribution < 1.29 is 9.15 Å². The monoisotopic (exact) mass is 383 g/mol. The molecule has 0 aliphatic carbocycles. The van der Waals surface area contributed by atoms with Crippen LogP contribution in [-0.2, 0) is 13.7 Å². The Morgan fingerprint density at radius 1 is 0.966 bits per heavy atom. The van der Waals surface area contributed by atoms with Gasteiger partial charge in [-0.25, -0.2) is 9.97 Å². The van der Waals surface area contributed by atoms with Gasteiger partial charge in [0.1, 0.15) is 17.0 Å². The molecule has 7 heteroatoms. The average Bonchev–Trinajstić information content (AvgIpc) is 3.36. The molecule has 0 saturated heterocycles. The molecule has 4 aromatic heterocycles. The molecule has 0 unspecified atom stereocenters. The number of pyridine rings is 2. The Morgan fingerprint density at radius 2 is 1.79 bits per heavy atom. The highest BCUT2D eigenvalue weighted by Gasteiger charge is 2.12. The lowest BCUT2D eigenvalue weighted by atomic mass is 10.0. The maximum Gasteiger partial charge on any atom is 0.247 e. The molecule has 5 rings (SSSR count). The quantitative estimate of drug-likeness (QED) is 0.451. The molecule has 0 atom stereocenters. The first-order valence-electron chi connectivity index (χ1n) is 9.14. The number of ether oxygens (including phenoxy) is 1. The van der Waals surface area contributed by atoms with Gasteiger partial charge >= 0.3 is 0 Å². The first-order valence-corrected chi connectivity index (χ1v) is 9.14. The third kappa shape index (κ3) is 3.45. The molecule has 0 aliphatic rings. The number of rotatable bonds is 5. The number of benzene rings is 1. The van der Waals surface area contributed by atoms with E-state index in [2.05, 4.69) is 20.1 Å². The van der Waals surface area contributed by atoms with Crippen LogP contribution in [0, 0.1) is 0 Å². The second-order valence-electron chi connectivity index (χ2n) is 6.55. The molecule has 0 aliphatic heterocycles. The Bertz CT molecular complexity index is 1230. The van der Waals surface area contributed by atoms with E-state index in [9.17, 15) is 0 Å². The zero-order valence-electron chi connectivity index (χ0n) is 15.7. The number of nitrogens with zero attached hydrogens (tertiary/aromatic N) is 5. The summed E-state index contributed by atoms with van der Waals surface area (Å²) in [6, 6.07) is 15.5. The third-order valence-electron chi connectivity index (χ3n) is 4.52. The molecule has 7 nitrogen and oxygen atoms in total. The van der Waals surface area contributed by atoms with E-state index < -0.39 is 0 Å². The molecule has 1 aromatic carbocycles. The van der Waals surface area contributed by atoms with Crippen LogP contribution in [0.2, 0.25) is 0 Å². The number of hydrogen-bond donors (Lipinski definition) is 0. The lowest BCUT2D eigenvalue weighted by Crippen LogP contribution is -1.95. The fourth-order valence-corrected chi connectivity index (χ4v) is 3.18. The van der Waals surface area contributed by atoms with Gasteiger partial charge in [0.15, 0.2) is 6.61 Å². The highest BCUT2D eigenvalue weighted by Crippen LogP contribution is 2.31. The molecule has 0 bridgehead atoms. The van der Waals surface area contributed by atoms with Crippen molar-refractivity contribution in [3.63, 3.8) is 0 Å². The number of aromatic nitrogens is 5.